The molecule has 5 rings (SSSR count). The van der Waals surface area contributed by atoms with Crippen LogP contribution in [-0.2, 0) is 12.8 Å². The van der Waals surface area contributed by atoms with Gasteiger partial charge in [-0.3, -0.25) is 4.79 Å². The van der Waals surface area contributed by atoms with Crippen molar-refractivity contribution >= 4 is 44.7 Å². The van der Waals surface area contributed by atoms with Crippen molar-refractivity contribution in [1.29, 1.82) is 5.26 Å². The van der Waals surface area contributed by atoms with E-state index in [9.17, 15) is 10.1 Å². The van der Waals surface area contributed by atoms with Crippen molar-refractivity contribution in [2.75, 3.05) is 5.32 Å². The van der Waals surface area contributed by atoms with Gasteiger partial charge in [-0.05, 0) is 49.4 Å². The second kappa shape index (κ2) is 9.35. The van der Waals surface area contributed by atoms with Crippen LogP contribution >= 0.6 is 22.9 Å². The van der Waals surface area contributed by atoms with Crippen molar-refractivity contribution < 1.29 is 4.79 Å². The van der Waals surface area contributed by atoms with Crippen molar-refractivity contribution in [3.05, 3.63) is 81.2 Å². The second-order valence-electron chi connectivity index (χ2n) is 8.24. The van der Waals surface area contributed by atoms with Crippen LogP contribution in [0.2, 0.25) is 5.02 Å². The maximum absolute atomic E-state index is 13.5. The molecule has 164 valence electrons. The number of aromatic nitrogens is 1. The van der Waals surface area contributed by atoms with Gasteiger partial charge in [-0.1, -0.05) is 60.8 Å². The van der Waals surface area contributed by atoms with Crippen LogP contribution in [-0.4, -0.2) is 10.9 Å². The number of para-hydroxylation sites is 1. The quantitative estimate of drug-likeness (QED) is 0.338. The normalized spacial score (nSPS) is 13.6. The van der Waals surface area contributed by atoms with Crippen molar-refractivity contribution in [2.24, 2.45) is 0 Å². The first-order valence-electron chi connectivity index (χ1n) is 11.2. The number of nitrogens with one attached hydrogen (secondary N) is 1. The number of amides is 1. The van der Waals surface area contributed by atoms with Gasteiger partial charge >= 0.3 is 0 Å². The average Bonchev–Trinajstić information content (AvgIpc) is 3.13. The molecule has 4 nitrogen and oxygen atoms in total. The van der Waals surface area contributed by atoms with Crippen LogP contribution in [0.5, 0.6) is 0 Å². The molecule has 0 fully saturated rings. The maximum Gasteiger partial charge on any atom is 0.257 e. The Kier molecular flexibility index (Phi) is 6.13. The lowest BCUT2D eigenvalue weighted by Crippen LogP contribution is -2.13. The molecule has 1 aliphatic rings. The smallest absolute Gasteiger partial charge is 0.257 e. The van der Waals surface area contributed by atoms with Gasteiger partial charge in [0.15, 0.2) is 0 Å². The minimum absolute atomic E-state index is 0.243. The summed E-state index contributed by atoms with van der Waals surface area (Å²) in [6, 6.07) is 19.2. The number of halogens is 1. The molecule has 0 aliphatic heterocycles. The van der Waals surface area contributed by atoms with E-state index >= 15 is 0 Å². The first kappa shape index (κ1) is 21.6. The van der Waals surface area contributed by atoms with Crippen molar-refractivity contribution in [3.63, 3.8) is 0 Å². The highest BCUT2D eigenvalue weighted by atomic mass is 35.5. The fraction of sp³-hybridized carbons (Fsp3) is 0.222. The standard InChI is InChI=1S/C27H22ClN3OS/c28-22-12-7-5-11-19(22)24-15-20(17-9-6-8-13-23(17)30-24)26(32)31-27-21(16-29)18-10-3-1-2-4-14-25(18)33-27/h5-9,11-13,15H,1-4,10,14H2,(H,31,32). The average molecular weight is 472 g/mol. The zero-order chi connectivity index (χ0) is 22.8. The molecular formula is C27H22ClN3OS. The molecule has 1 amide bonds. The summed E-state index contributed by atoms with van der Waals surface area (Å²) in [5.41, 5.74) is 4.39. The zero-order valence-corrected chi connectivity index (χ0v) is 19.6. The highest BCUT2D eigenvalue weighted by Crippen LogP contribution is 2.37. The molecule has 0 spiro atoms. The topological polar surface area (TPSA) is 65.8 Å². The first-order valence-corrected chi connectivity index (χ1v) is 12.4. The lowest BCUT2D eigenvalue weighted by Gasteiger charge is -2.11. The van der Waals surface area contributed by atoms with E-state index < -0.39 is 0 Å². The molecule has 2 aromatic carbocycles. The van der Waals surface area contributed by atoms with Gasteiger partial charge in [-0.25, -0.2) is 4.98 Å². The van der Waals surface area contributed by atoms with E-state index in [-0.39, 0.29) is 5.91 Å². The van der Waals surface area contributed by atoms with Crippen molar-refractivity contribution in [2.45, 2.75) is 38.5 Å². The molecule has 2 aromatic heterocycles. The Morgan fingerprint density at radius 1 is 1.03 bits per heavy atom. The molecular weight excluding hydrogens is 450 g/mol. The molecule has 1 N–H and O–H groups in total. The van der Waals surface area contributed by atoms with Gasteiger partial charge in [0.2, 0.25) is 0 Å². The predicted octanol–water partition coefficient (Wildman–Crippen LogP) is 7.40. The molecule has 33 heavy (non-hydrogen) atoms. The Labute approximate surface area is 201 Å². The minimum Gasteiger partial charge on any atom is -0.312 e. The molecule has 4 aromatic rings. The Morgan fingerprint density at radius 3 is 2.61 bits per heavy atom. The van der Waals surface area contributed by atoms with Crippen LogP contribution < -0.4 is 5.32 Å². The van der Waals surface area contributed by atoms with Crippen LogP contribution in [0.4, 0.5) is 5.00 Å². The molecule has 0 saturated carbocycles. The Hall–Kier alpha value is -3.20. The molecule has 2 heterocycles. The fourth-order valence-corrected chi connectivity index (χ4v) is 5.93. The van der Waals surface area contributed by atoms with Gasteiger partial charge in [0, 0.05) is 20.8 Å². The lowest BCUT2D eigenvalue weighted by atomic mass is 9.97. The highest BCUT2D eigenvalue weighted by molar-refractivity contribution is 7.16. The van der Waals surface area contributed by atoms with E-state index in [0.717, 1.165) is 47.7 Å². The van der Waals surface area contributed by atoms with E-state index in [1.165, 1.54) is 17.7 Å². The number of benzene rings is 2. The van der Waals surface area contributed by atoms with Crippen LogP contribution in [0.3, 0.4) is 0 Å². The molecule has 0 radical (unpaired) electrons. The number of anilines is 1. The molecule has 6 heteroatoms. The van der Waals surface area contributed by atoms with E-state index in [1.807, 2.05) is 48.5 Å². The van der Waals surface area contributed by atoms with E-state index in [2.05, 4.69) is 11.4 Å². The number of nitrogens with zero attached hydrogens (tertiary/aromatic N) is 2. The monoisotopic (exact) mass is 471 g/mol. The summed E-state index contributed by atoms with van der Waals surface area (Å²) in [5, 5.41) is 14.9. The summed E-state index contributed by atoms with van der Waals surface area (Å²) in [5.74, 6) is -0.243. The van der Waals surface area contributed by atoms with Gasteiger partial charge in [0.05, 0.1) is 22.3 Å². The highest BCUT2D eigenvalue weighted by Gasteiger charge is 2.22. The molecule has 0 bridgehead atoms. The Balaban J connectivity index is 1.58. The molecule has 0 atom stereocenters. The van der Waals surface area contributed by atoms with Crippen LogP contribution in [0, 0.1) is 11.3 Å². The van der Waals surface area contributed by atoms with Gasteiger partial charge in [-0.2, -0.15) is 5.26 Å². The number of carbonyl (C=O) groups excluding carboxylic acids is 1. The van der Waals surface area contributed by atoms with Crippen LogP contribution in [0.25, 0.3) is 22.2 Å². The number of thiophene rings is 1. The van der Waals surface area contributed by atoms with Gasteiger partial charge < -0.3 is 5.32 Å². The summed E-state index contributed by atoms with van der Waals surface area (Å²) in [7, 11) is 0. The Bertz CT molecular complexity index is 1400. The fourth-order valence-electron chi connectivity index (χ4n) is 4.47. The number of pyridine rings is 1. The molecule has 0 unspecified atom stereocenters. The zero-order valence-electron chi connectivity index (χ0n) is 18.0. The van der Waals surface area contributed by atoms with Crippen molar-refractivity contribution in [3.8, 4) is 17.3 Å². The third-order valence-electron chi connectivity index (χ3n) is 6.12. The Morgan fingerprint density at radius 2 is 1.79 bits per heavy atom. The number of nitriles is 1. The van der Waals surface area contributed by atoms with Crippen molar-refractivity contribution in [1.82, 2.24) is 4.98 Å². The van der Waals surface area contributed by atoms with Crippen LogP contribution in [0.15, 0.2) is 54.6 Å². The predicted molar refractivity (Wildman–Crippen MR) is 135 cm³/mol. The first-order chi connectivity index (χ1) is 16.2. The number of hydrogen-bond acceptors (Lipinski definition) is 4. The van der Waals surface area contributed by atoms with Crippen LogP contribution in [0.1, 0.15) is 52.0 Å². The summed E-state index contributed by atoms with van der Waals surface area (Å²) in [6.45, 7) is 0. The van der Waals surface area contributed by atoms with E-state index in [4.69, 9.17) is 16.6 Å². The number of hydrogen-bond donors (Lipinski definition) is 1. The molecule has 0 saturated heterocycles. The van der Waals surface area contributed by atoms with E-state index in [1.54, 1.807) is 17.4 Å². The number of fused-ring (bicyclic) bond motifs is 2. The largest absolute Gasteiger partial charge is 0.312 e. The van der Waals surface area contributed by atoms with Gasteiger partial charge in [-0.15, -0.1) is 11.3 Å². The van der Waals surface area contributed by atoms with Gasteiger partial charge in [0.1, 0.15) is 11.1 Å². The number of aryl methyl sites for hydroxylation is 1. The summed E-state index contributed by atoms with van der Waals surface area (Å²) >= 11 is 7.97. The lowest BCUT2D eigenvalue weighted by molar-refractivity contribution is 0.102. The third kappa shape index (κ3) is 4.25. The number of rotatable bonds is 3. The summed E-state index contributed by atoms with van der Waals surface area (Å²) in [4.78, 5) is 19.5. The van der Waals surface area contributed by atoms with E-state index in [0.29, 0.717) is 26.8 Å². The summed E-state index contributed by atoms with van der Waals surface area (Å²) < 4.78 is 0. The number of carbonyl (C=O) groups is 1. The molecule has 1 aliphatic carbocycles. The summed E-state index contributed by atoms with van der Waals surface area (Å²) in [6.07, 6.45) is 6.49. The minimum atomic E-state index is -0.243. The maximum atomic E-state index is 13.5. The third-order valence-corrected chi connectivity index (χ3v) is 7.66. The SMILES string of the molecule is N#Cc1c(NC(=O)c2cc(-c3ccccc3Cl)nc3ccccc23)sc2c1CCCCCC2. The second-order valence-corrected chi connectivity index (χ2v) is 9.75. The van der Waals surface area contributed by atoms with Gasteiger partial charge in [0.25, 0.3) is 5.91 Å².